The van der Waals surface area contributed by atoms with Crippen LogP contribution in [-0.2, 0) is 10.0 Å². The number of halogens is 1. The molecular weight excluding hydrogens is 252 g/mol. The van der Waals surface area contributed by atoms with Crippen LogP contribution in [0.25, 0.3) is 0 Å². The Hall–Kier alpha value is -1.78. The van der Waals surface area contributed by atoms with Gasteiger partial charge in [-0.05, 0) is 24.3 Å². The van der Waals surface area contributed by atoms with Gasteiger partial charge in [0.05, 0.1) is 4.90 Å². The molecule has 0 unspecified atom stereocenters. The van der Waals surface area contributed by atoms with Gasteiger partial charge in [-0.2, -0.15) is 13.7 Å². The molecule has 84 valence electrons. The maximum Gasteiger partial charge on any atom is 0.285 e. The van der Waals surface area contributed by atoms with Crippen LogP contribution in [0.15, 0.2) is 33.6 Å². The average molecular weight is 259 g/mol. The second-order valence-corrected chi connectivity index (χ2v) is 4.68. The molecule has 0 fully saturated rings. The van der Waals surface area contributed by atoms with Crippen molar-refractivity contribution >= 4 is 27.6 Å². The molecule has 1 aromatic rings. The standard InChI is InChI=1S/C8H7ClN4O2S/c9-6-1-3-7(4-2-6)16(14,15)13-8(11)12-5-10/h1-4H,(H3,11,12,13). The summed E-state index contributed by atoms with van der Waals surface area (Å²) >= 11 is 5.61. The van der Waals surface area contributed by atoms with Gasteiger partial charge in [-0.1, -0.05) is 11.6 Å². The number of hydrogen-bond acceptors (Lipinski definition) is 3. The highest BCUT2D eigenvalue weighted by Crippen LogP contribution is 2.15. The Labute approximate surface area is 97.4 Å². The number of nitrogens with one attached hydrogen (secondary N) is 1. The summed E-state index contributed by atoms with van der Waals surface area (Å²) in [6.07, 6.45) is 1.46. The molecule has 0 bridgehead atoms. The molecule has 16 heavy (non-hydrogen) atoms. The second kappa shape index (κ2) is 4.83. The third-order valence-electron chi connectivity index (χ3n) is 1.51. The van der Waals surface area contributed by atoms with Crippen molar-refractivity contribution in [2.24, 2.45) is 10.1 Å². The van der Waals surface area contributed by atoms with E-state index in [4.69, 9.17) is 22.6 Å². The Morgan fingerprint density at radius 3 is 2.50 bits per heavy atom. The zero-order valence-electron chi connectivity index (χ0n) is 7.88. The molecule has 1 rings (SSSR count). The SMILES string of the molecule is N#CN/C(N)=N/S(=O)(=O)c1ccc(Cl)cc1. The molecule has 6 nitrogen and oxygen atoms in total. The van der Waals surface area contributed by atoms with Crippen LogP contribution in [-0.4, -0.2) is 14.4 Å². The fourth-order valence-corrected chi connectivity index (χ4v) is 1.88. The molecule has 1 aromatic carbocycles. The van der Waals surface area contributed by atoms with E-state index in [9.17, 15) is 8.42 Å². The van der Waals surface area contributed by atoms with Crippen molar-refractivity contribution in [1.29, 1.82) is 5.26 Å². The zero-order valence-corrected chi connectivity index (χ0v) is 9.46. The van der Waals surface area contributed by atoms with Crippen molar-refractivity contribution < 1.29 is 8.42 Å². The topological polar surface area (TPSA) is 108 Å². The van der Waals surface area contributed by atoms with Crippen molar-refractivity contribution in [3.63, 3.8) is 0 Å². The van der Waals surface area contributed by atoms with Crippen LogP contribution in [0.3, 0.4) is 0 Å². The fourth-order valence-electron chi connectivity index (χ4n) is 0.869. The summed E-state index contributed by atoms with van der Waals surface area (Å²) in [6.45, 7) is 0. The van der Waals surface area contributed by atoms with Gasteiger partial charge in [0.1, 0.15) is 0 Å². The van der Waals surface area contributed by atoms with E-state index in [1.807, 2.05) is 5.32 Å². The smallest absolute Gasteiger partial charge is 0.285 e. The van der Waals surface area contributed by atoms with E-state index >= 15 is 0 Å². The summed E-state index contributed by atoms with van der Waals surface area (Å²) in [7, 11) is -3.91. The van der Waals surface area contributed by atoms with Crippen LogP contribution in [0, 0.1) is 11.5 Å². The van der Waals surface area contributed by atoms with E-state index in [0.717, 1.165) is 0 Å². The lowest BCUT2D eigenvalue weighted by atomic mass is 10.4. The van der Waals surface area contributed by atoms with Crippen LogP contribution < -0.4 is 11.1 Å². The highest BCUT2D eigenvalue weighted by Gasteiger charge is 2.12. The summed E-state index contributed by atoms with van der Waals surface area (Å²) in [5, 5.41) is 10.5. The predicted octanol–water partition coefficient (Wildman–Crippen LogP) is 0.414. The van der Waals surface area contributed by atoms with Crippen molar-refractivity contribution in [2.75, 3.05) is 0 Å². The van der Waals surface area contributed by atoms with Gasteiger partial charge in [0.15, 0.2) is 6.19 Å². The molecule has 3 N–H and O–H groups in total. The van der Waals surface area contributed by atoms with Gasteiger partial charge < -0.3 is 5.73 Å². The number of benzene rings is 1. The van der Waals surface area contributed by atoms with Crippen LogP contribution in [0.4, 0.5) is 0 Å². The lowest BCUT2D eigenvalue weighted by molar-refractivity contribution is 0.598. The molecule has 0 aliphatic heterocycles. The molecular formula is C8H7ClN4O2S. The lowest BCUT2D eigenvalue weighted by Crippen LogP contribution is -2.28. The highest BCUT2D eigenvalue weighted by molar-refractivity contribution is 7.90. The largest absolute Gasteiger partial charge is 0.368 e. The normalized spacial score (nSPS) is 11.9. The molecule has 0 amide bonds. The predicted molar refractivity (Wildman–Crippen MR) is 59.0 cm³/mol. The van der Waals surface area contributed by atoms with Crippen LogP contribution in [0.2, 0.25) is 5.02 Å². The molecule has 0 aromatic heterocycles. The minimum absolute atomic E-state index is 0.0559. The Morgan fingerprint density at radius 2 is 2.00 bits per heavy atom. The average Bonchev–Trinajstić information content (AvgIpc) is 2.17. The molecule has 0 radical (unpaired) electrons. The summed E-state index contributed by atoms with van der Waals surface area (Å²) in [6, 6.07) is 5.41. The van der Waals surface area contributed by atoms with Gasteiger partial charge in [0.25, 0.3) is 10.0 Å². The zero-order chi connectivity index (χ0) is 12.2. The van der Waals surface area contributed by atoms with Crippen LogP contribution >= 0.6 is 11.6 Å². The van der Waals surface area contributed by atoms with Crippen molar-refractivity contribution in [3.8, 4) is 6.19 Å². The van der Waals surface area contributed by atoms with Gasteiger partial charge in [-0.15, -0.1) is 4.40 Å². The fraction of sp³-hybridized carbons (Fsp3) is 0. The molecule has 0 saturated carbocycles. The highest BCUT2D eigenvalue weighted by atomic mass is 35.5. The van der Waals surface area contributed by atoms with E-state index in [0.29, 0.717) is 5.02 Å². The summed E-state index contributed by atoms with van der Waals surface area (Å²) in [5.41, 5.74) is 5.15. The van der Waals surface area contributed by atoms with E-state index in [1.165, 1.54) is 30.5 Å². The summed E-state index contributed by atoms with van der Waals surface area (Å²) < 4.78 is 26.3. The summed E-state index contributed by atoms with van der Waals surface area (Å²) in [4.78, 5) is -0.0559. The third-order valence-corrected chi connectivity index (χ3v) is 3.07. The summed E-state index contributed by atoms with van der Waals surface area (Å²) in [5.74, 6) is -0.488. The van der Waals surface area contributed by atoms with E-state index in [2.05, 4.69) is 4.40 Å². The molecule has 0 spiro atoms. The van der Waals surface area contributed by atoms with E-state index in [-0.39, 0.29) is 4.90 Å². The number of hydrogen-bond donors (Lipinski definition) is 2. The first-order valence-electron chi connectivity index (χ1n) is 3.97. The maximum absolute atomic E-state index is 11.6. The first-order valence-corrected chi connectivity index (χ1v) is 5.78. The quantitative estimate of drug-likeness (QED) is 0.346. The van der Waals surface area contributed by atoms with E-state index in [1.54, 1.807) is 0 Å². The van der Waals surface area contributed by atoms with Gasteiger partial charge in [0, 0.05) is 5.02 Å². The number of nitrogens with two attached hydrogens (primary N) is 1. The minimum atomic E-state index is -3.91. The second-order valence-electron chi connectivity index (χ2n) is 2.64. The first-order chi connectivity index (χ1) is 7.45. The van der Waals surface area contributed by atoms with Crippen molar-refractivity contribution in [1.82, 2.24) is 5.32 Å². The molecule has 8 heteroatoms. The first kappa shape index (κ1) is 12.3. The molecule has 0 aliphatic rings. The Morgan fingerprint density at radius 1 is 1.44 bits per heavy atom. The Kier molecular flexibility index (Phi) is 3.71. The van der Waals surface area contributed by atoms with E-state index < -0.39 is 16.0 Å². The van der Waals surface area contributed by atoms with Crippen molar-refractivity contribution in [2.45, 2.75) is 4.90 Å². The Bertz CT molecular complexity index is 544. The monoisotopic (exact) mass is 258 g/mol. The minimum Gasteiger partial charge on any atom is -0.368 e. The number of sulfonamides is 1. The number of rotatable bonds is 2. The van der Waals surface area contributed by atoms with Crippen molar-refractivity contribution in [3.05, 3.63) is 29.3 Å². The van der Waals surface area contributed by atoms with Gasteiger partial charge in [-0.25, -0.2) is 0 Å². The molecule has 0 aliphatic carbocycles. The van der Waals surface area contributed by atoms with Crippen LogP contribution in [0.1, 0.15) is 0 Å². The lowest BCUT2D eigenvalue weighted by Gasteiger charge is -2.00. The number of guanidine groups is 1. The maximum atomic E-state index is 11.6. The molecule has 0 heterocycles. The van der Waals surface area contributed by atoms with Gasteiger partial charge in [-0.3, -0.25) is 5.32 Å². The number of nitrogens with zero attached hydrogens (tertiary/aromatic N) is 2. The molecule has 0 saturated heterocycles. The van der Waals surface area contributed by atoms with Crippen LogP contribution in [0.5, 0.6) is 0 Å². The van der Waals surface area contributed by atoms with Gasteiger partial charge in [0.2, 0.25) is 5.96 Å². The number of nitriles is 1. The Balaban J connectivity index is 3.09. The van der Waals surface area contributed by atoms with Gasteiger partial charge >= 0.3 is 0 Å². The molecule has 0 atom stereocenters. The third kappa shape index (κ3) is 3.12.